The van der Waals surface area contributed by atoms with Gasteiger partial charge in [0.15, 0.2) is 0 Å². The quantitative estimate of drug-likeness (QED) is 0.904. The molecule has 1 heterocycles. The molecular weight excluding hydrogens is 237 g/mol. The van der Waals surface area contributed by atoms with E-state index in [2.05, 4.69) is 4.98 Å². The van der Waals surface area contributed by atoms with Gasteiger partial charge in [0.2, 0.25) is 0 Å². The number of aliphatic hydroxyl groups excluding tert-OH is 1. The summed E-state index contributed by atoms with van der Waals surface area (Å²) in [5, 5.41) is 13.0. The molecule has 1 atom stereocenters. The van der Waals surface area contributed by atoms with Gasteiger partial charge in [-0.15, -0.1) is 11.3 Å². The molecule has 0 spiro atoms. The third kappa shape index (κ3) is 3.35. The molecule has 0 aliphatic rings. The summed E-state index contributed by atoms with van der Waals surface area (Å²) in [4.78, 5) is 4.34. The van der Waals surface area contributed by atoms with Crippen molar-refractivity contribution in [3.05, 3.63) is 51.7 Å². The number of thiazole rings is 1. The zero-order valence-corrected chi connectivity index (χ0v) is 10.4. The summed E-state index contributed by atoms with van der Waals surface area (Å²) in [5.74, 6) is -0.281. The van der Waals surface area contributed by atoms with Gasteiger partial charge in [0.1, 0.15) is 5.82 Å². The third-order valence-corrected chi connectivity index (χ3v) is 3.58. The molecule has 0 fully saturated rings. The fourth-order valence-corrected chi connectivity index (χ4v) is 2.42. The zero-order valence-electron chi connectivity index (χ0n) is 9.56. The number of halogens is 1. The van der Waals surface area contributed by atoms with Gasteiger partial charge in [-0.1, -0.05) is 12.1 Å². The first-order valence-electron chi connectivity index (χ1n) is 5.49. The first-order valence-corrected chi connectivity index (χ1v) is 6.37. The van der Waals surface area contributed by atoms with Crippen molar-refractivity contribution in [2.24, 2.45) is 0 Å². The van der Waals surface area contributed by atoms with Crippen LogP contribution in [0.15, 0.2) is 29.6 Å². The minimum absolute atomic E-state index is 0.281. The number of aryl methyl sites for hydroxylation is 2. The first kappa shape index (κ1) is 12.2. The number of aromatic nitrogens is 1. The highest BCUT2D eigenvalue weighted by atomic mass is 32.1. The van der Waals surface area contributed by atoms with Crippen LogP contribution in [0.25, 0.3) is 0 Å². The Kier molecular flexibility index (Phi) is 3.86. The van der Waals surface area contributed by atoms with E-state index in [-0.39, 0.29) is 5.82 Å². The lowest BCUT2D eigenvalue weighted by Gasteiger charge is -2.09. The average molecular weight is 251 g/mol. The second kappa shape index (κ2) is 5.38. The van der Waals surface area contributed by atoms with Crippen molar-refractivity contribution in [2.45, 2.75) is 25.9 Å². The lowest BCUT2D eigenvalue weighted by Crippen LogP contribution is -1.99. The van der Waals surface area contributed by atoms with E-state index in [1.165, 1.54) is 12.1 Å². The number of aliphatic hydroxyl groups is 1. The van der Waals surface area contributed by atoms with Crippen molar-refractivity contribution >= 4 is 11.3 Å². The topological polar surface area (TPSA) is 33.1 Å². The summed E-state index contributed by atoms with van der Waals surface area (Å²) in [6.45, 7) is 1.95. The van der Waals surface area contributed by atoms with Gasteiger partial charge in [-0.05, 0) is 31.0 Å². The minimum Gasteiger partial charge on any atom is -0.388 e. The molecule has 1 unspecified atom stereocenters. The summed E-state index contributed by atoms with van der Waals surface area (Å²) in [7, 11) is 0. The van der Waals surface area contributed by atoms with Crippen molar-refractivity contribution in [3.8, 4) is 0 Å². The highest BCUT2D eigenvalue weighted by Gasteiger charge is 2.09. The van der Waals surface area contributed by atoms with Gasteiger partial charge in [0.25, 0.3) is 0 Å². The van der Waals surface area contributed by atoms with E-state index in [0.717, 1.165) is 22.7 Å². The van der Waals surface area contributed by atoms with Crippen molar-refractivity contribution in [1.29, 1.82) is 0 Å². The first-order chi connectivity index (χ1) is 8.15. The van der Waals surface area contributed by atoms with Gasteiger partial charge >= 0.3 is 0 Å². The smallest absolute Gasteiger partial charge is 0.123 e. The maximum atomic E-state index is 12.7. The highest BCUT2D eigenvalue weighted by molar-refractivity contribution is 7.09. The largest absolute Gasteiger partial charge is 0.388 e. The molecule has 1 aromatic carbocycles. The Morgan fingerprint density at radius 2 is 2.06 bits per heavy atom. The summed E-state index contributed by atoms with van der Waals surface area (Å²) < 4.78 is 12.7. The van der Waals surface area contributed by atoms with Crippen LogP contribution in [0.1, 0.15) is 28.8 Å². The molecule has 0 radical (unpaired) electrons. The molecule has 4 heteroatoms. The van der Waals surface area contributed by atoms with E-state index >= 15 is 0 Å². The molecule has 17 heavy (non-hydrogen) atoms. The van der Waals surface area contributed by atoms with E-state index in [1.807, 2.05) is 12.3 Å². The van der Waals surface area contributed by atoms with Crippen molar-refractivity contribution in [1.82, 2.24) is 4.98 Å². The van der Waals surface area contributed by atoms with Crippen molar-refractivity contribution in [2.75, 3.05) is 0 Å². The monoisotopic (exact) mass is 251 g/mol. The summed E-state index contributed by atoms with van der Waals surface area (Å²) in [6.07, 6.45) is 0.801. The van der Waals surface area contributed by atoms with E-state index in [4.69, 9.17) is 0 Å². The Morgan fingerprint density at radius 3 is 2.65 bits per heavy atom. The molecule has 0 bridgehead atoms. The molecule has 2 rings (SSSR count). The van der Waals surface area contributed by atoms with Crippen LogP contribution in [0.5, 0.6) is 0 Å². The normalized spacial score (nSPS) is 12.6. The Morgan fingerprint density at radius 1 is 1.35 bits per heavy atom. The van der Waals surface area contributed by atoms with Gasteiger partial charge in [-0.2, -0.15) is 0 Å². The van der Waals surface area contributed by atoms with Crippen molar-refractivity contribution in [3.63, 3.8) is 0 Å². The lowest BCUT2D eigenvalue weighted by atomic mass is 10.1. The molecule has 0 saturated carbocycles. The number of benzene rings is 1. The molecule has 0 amide bonds. The van der Waals surface area contributed by atoms with Gasteiger partial charge in [0.05, 0.1) is 11.1 Å². The van der Waals surface area contributed by atoms with Crippen LogP contribution in [0, 0.1) is 12.7 Å². The third-order valence-electron chi connectivity index (χ3n) is 2.55. The van der Waals surface area contributed by atoms with Gasteiger partial charge in [0, 0.05) is 17.5 Å². The molecule has 2 aromatic rings. The Labute approximate surface area is 104 Å². The zero-order chi connectivity index (χ0) is 12.3. The summed E-state index contributed by atoms with van der Waals surface area (Å²) in [6, 6.07) is 5.97. The second-order valence-corrected chi connectivity index (χ2v) is 4.93. The van der Waals surface area contributed by atoms with Crippen molar-refractivity contribution < 1.29 is 9.50 Å². The highest BCUT2D eigenvalue weighted by Crippen LogP contribution is 2.20. The molecule has 0 aliphatic heterocycles. The molecule has 90 valence electrons. The number of rotatable bonds is 4. The minimum atomic E-state index is -0.556. The number of hydrogen-bond acceptors (Lipinski definition) is 3. The van der Waals surface area contributed by atoms with Crippen LogP contribution in [-0.2, 0) is 6.42 Å². The van der Waals surface area contributed by atoms with Crippen LogP contribution >= 0.6 is 11.3 Å². The number of nitrogens with zero attached hydrogens (tertiary/aromatic N) is 1. The van der Waals surface area contributed by atoms with E-state index in [9.17, 15) is 9.50 Å². The van der Waals surface area contributed by atoms with E-state index in [0.29, 0.717) is 6.42 Å². The van der Waals surface area contributed by atoms with Gasteiger partial charge in [-0.3, -0.25) is 0 Å². The SMILES string of the molecule is Cc1csc(CCC(O)c2ccc(F)cc2)n1. The number of hydrogen-bond donors (Lipinski definition) is 1. The van der Waals surface area contributed by atoms with Crippen LogP contribution in [-0.4, -0.2) is 10.1 Å². The van der Waals surface area contributed by atoms with E-state index < -0.39 is 6.10 Å². The second-order valence-electron chi connectivity index (χ2n) is 3.99. The molecule has 0 saturated heterocycles. The van der Waals surface area contributed by atoms with Crippen LogP contribution in [0.4, 0.5) is 4.39 Å². The van der Waals surface area contributed by atoms with Crippen LogP contribution < -0.4 is 0 Å². The maximum Gasteiger partial charge on any atom is 0.123 e. The molecule has 1 N–H and O–H groups in total. The van der Waals surface area contributed by atoms with Gasteiger partial charge < -0.3 is 5.11 Å². The predicted octanol–water partition coefficient (Wildman–Crippen LogP) is 3.26. The molecular formula is C13H14FNOS. The molecule has 1 aromatic heterocycles. The maximum absolute atomic E-state index is 12.7. The van der Waals surface area contributed by atoms with Gasteiger partial charge in [-0.25, -0.2) is 9.37 Å². The molecule has 0 aliphatic carbocycles. The Hall–Kier alpha value is -1.26. The molecule has 2 nitrogen and oxygen atoms in total. The summed E-state index contributed by atoms with van der Waals surface area (Å²) >= 11 is 1.61. The fraction of sp³-hybridized carbons (Fsp3) is 0.308. The predicted molar refractivity (Wildman–Crippen MR) is 66.5 cm³/mol. The van der Waals surface area contributed by atoms with Crippen LogP contribution in [0.3, 0.4) is 0 Å². The van der Waals surface area contributed by atoms with Crippen LogP contribution in [0.2, 0.25) is 0 Å². The summed E-state index contributed by atoms with van der Waals surface area (Å²) in [5.41, 5.74) is 1.76. The fourth-order valence-electron chi connectivity index (χ4n) is 1.63. The lowest BCUT2D eigenvalue weighted by molar-refractivity contribution is 0.167. The standard InChI is InChI=1S/C13H14FNOS/c1-9-8-17-13(15-9)7-6-12(16)10-2-4-11(14)5-3-10/h2-5,8,12,16H,6-7H2,1H3. The average Bonchev–Trinajstić information content (AvgIpc) is 2.73. The Bertz CT molecular complexity index is 480. The Balaban J connectivity index is 1.93. The van der Waals surface area contributed by atoms with E-state index in [1.54, 1.807) is 23.5 Å².